The zero-order valence-electron chi connectivity index (χ0n) is 9.53. The SMILES string of the molecule is C[C@@H](Cc1cccc(F)c1)c1ncccc1Br. The summed E-state index contributed by atoms with van der Waals surface area (Å²) in [5, 5.41) is 0. The van der Waals surface area contributed by atoms with Crippen LogP contribution in [0.15, 0.2) is 47.1 Å². The van der Waals surface area contributed by atoms with Crippen LogP contribution in [0.3, 0.4) is 0 Å². The van der Waals surface area contributed by atoms with Crippen LogP contribution in [-0.2, 0) is 6.42 Å². The maximum Gasteiger partial charge on any atom is 0.123 e. The van der Waals surface area contributed by atoms with Gasteiger partial charge in [-0.3, -0.25) is 4.98 Å². The van der Waals surface area contributed by atoms with Gasteiger partial charge in [0.2, 0.25) is 0 Å². The molecule has 0 saturated carbocycles. The molecule has 0 aliphatic heterocycles. The number of benzene rings is 1. The Morgan fingerprint density at radius 2 is 2.12 bits per heavy atom. The molecule has 0 saturated heterocycles. The normalized spacial score (nSPS) is 12.4. The number of nitrogens with zero attached hydrogens (tertiary/aromatic N) is 1. The molecule has 0 bridgehead atoms. The van der Waals surface area contributed by atoms with Crippen LogP contribution >= 0.6 is 15.9 Å². The molecule has 0 unspecified atom stereocenters. The second-order valence-corrected chi connectivity index (χ2v) is 4.96. The van der Waals surface area contributed by atoms with Gasteiger partial charge in [0.15, 0.2) is 0 Å². The molecule has 1 aromatic heterocycles. The first-order valence-corrected chi connectivity index (χ1v) is 6.31. The van der Waals surface area contributed by atoms with Gasteiger partial charge in [0.1, 0.15) is 5.82 Å². The molecular formula is C14H13BrFN. The zero-order chi connectivity index (χ0) is 12.3. The Morgan fingerprint density at radius 1 is 1.29 bits per heavy atom. The minimum atomic E-state index is -0.185. The Hall–Kier alpha value is -1.22. The summed E-state index contributed by atoms with van der Waals surface area (Å²) in [6.45, 7) is 2.10. The molecule has 0 radical (unpaired) electrons. The van der Waals surface area contributed by atoms with Gasteiger partial charge in [0, 0.05) is 16.6 Å². The molecule has 88 valence electrons. The first-order valence-electron chi connectivity index (χ1n) is 5.51. The molecule has 17 heavy (non-hydrogen) atoms. The van der Waals surface area contributed by atoms with E-state index < -0.39 is 0 Å². The van der Waals surface area contributed by atoms with Crippen molar-refractivity contribution in [1.29, 1.82) is 0 Å². The van der Waals surface area contributed by atoms with Gasteiger partial charge < -0.3 is 0 Å². The van der Waals surface area contributed by atoms with E-state index in [2.05, 4.69) is 27.8 Å². The van der Waals surface area contributed by atoms with E-state index in [1.165, 1.54) is 6.07 Å². The van der Waals surface area contributed by atoms with Gasteiger partial charge in [-0.2, -0.15) is 0 Å². The lowest BCUT2D eigenvalue weighted by atomic mass is 9.97. The summed E-state index contributed by atoms with van der Waals surface area (Å²) in [5.74, 6) is 0.0714. The van der Waals surface area contributed by atoms with Crippen LogP contribution in [-0.4, -0.2) is 4.98 Å². The van der Waals surface area contributed by atoms with Crippen LogP contribution in [0.5, 0.6) is 0 Å². The van der Waals surface area contributed by atoms with E-state index in [-0.39, 0.29) is 11.7 Å². The van der Waals surface area contributed by atoms with Crippen molar-refractivity contribution in [3.63, 3.8) is 0 Å². The van der Waals surface area contributed by atoms with Crippen LogP contribution < -0.4 is 0 Å². The van der Waals surface area contributed by atoms with E-state index >= 15 is 0 Å². The van der Waals surface area contributed by atoms with Gasteiger partial charge >= 0.3 is 0 Å². The lowest BCUT2D eigenvalue weighted by Gasteiger charge is -2.12. The highest BCUT2D eigenvalue weighted by atomic mass is 79.9. The fourth-order valence-electron chi connectivity index (χ4n) is 1.87. The molecule has 1 heterocycles. The maximum absolute atomic E-state index is 13.1. The lowest BCUT2D eigenvalue weighted by molar-refractivity contribution is 0.622. The van der Waals surface area contributed by atoms with Crippen molar-refractivity contribution in [3.05, 3.63) is 64.1 Å². The summed E-state index contributed by atoms with van der Waals surface area (Å²) in [5.41, 5.74) is 2.01. The Labute approximate surface area is 109 Å². The minimum absolute atomic E-state index is 0.185. The summed E-state index contributed by atoms with van der Waals surface area (Å²) < 4.78 is 14.1. The fraction of sp³-hybridized carbons (Fsp3) is 0.214. The molecule has 0 N–H and O–H groups in total. The Kier molecular flexibility index (Phi) is 3.89. The maximum atomic E-state index is 13.1. The number of hydrogen-bond donors (Lipinski definition) is 0. The third-order valence-electron chi connectivity index (χ3n) is 2.68. The highest BCUT2D eigenvalue weighted by molar-refractivity contribution is 9.10. The molecule has 2 aromatic rings. The van der Waals surface area contributed by atoms with Gasteiger partial charge in [-0.05, 0) is 52.2 Å². The molecule has 1 nitrogen and oxygen atoms in total. The van der Waals surface area contributed by atoms with E-state index in [1.807, 2.05) is 18.2 Å². The first kappa shape index (κ1) is 12.2. The average molecular weight is 294 g/mol. The number of halogens is 2. The number of hydrogen-bond acceptors (Lipinski definition) is 1. The Bertz CT molecular complexity index is 513. The number of aromatic nitrogens is 1. The molecule has 0 fully saturated rings. The van der Waals surface area contributed by atoms with Crippen molar-refractivity contribution < 1.29 is 4.39 Å². The van der Waals surface area contributed by atoms with Crippen LogP contribution in [0.25, 0.3) is 0 Å². The van der Waals surface area contributed by atoms with Crippen LogP contribution in [0.1, 0.15) is 24.1 Å². The van der Waals surface area contributed by atoms with Crippen molar-refractivity contribution in [2.45, 2.75) is 19.3 Å². The van der Waals surface area contributed by atoms with Crippen LogP contribution in [0.2, 0.25) is 0 Å². The van der Waals surface area contributed by atoms with Crippen molar-refractivity contribution in [3.8, 4) is 0 Å². The van der Waals surface area contributed by atoms with Gasteiger partial charge in [-0.1, -0.05) is 19.1 Å². The second kappa shape index (κ2) is 5.41. The molecule has 0 aliphatic rings. The Balaban J connectivity index is 2.17. The summed E-state index contributed by atoms with van der Waals surface area (Å²) in [7, 11) is 0. The van der Waals surface area contributed by atoms with E-state index in [4.69, 9.17) is 0 Å². The smallest absolute Gasteiger partial charge is 0.123 e. The molecule has 0 aliphatic carbocycles. The molecule has 1 atom stereocenters. The Morgan fingerprint density at radius 3 is 2.82 bits per heavy atom. The van der Waals surface area contributed by atoms with Crippen molar-refractivity contribution in [2.75, 3.05) is 0 Å². The van der Waals surface area contributed by atoms with Crippen molar-refractivity contribution in [2.24, 2.45) is 0 Å². The summed E-state index contributed by atoms with van der Waals surface area (Å²) in [6, 6.07) is 10.6. The summed E-state index contributed by atoms with van der Waals surface area (Å²) >= 11 is 3.49. The quantitative estimate of drug-likeness (QED) is 0.821. The highest BCUT2D eigenvalue weighted by Crippen LogP contribution is 2.25. The zero-order valence-corrected chi connectivity index (χ0v) is 11.1. The fourth-order valence-corrected chi connectivity index (χ4v) is 2.52. The van der Waals surface area contributed by atoms with Gasteiger partial charge in [0.25, 0.3) is 0 Å². The summed E-state index contributed by atoms with van der Waals surface area (Å²) in [6.07, 6.45) is 2.57. The largest absolute Gasteiger partial charge is 0.260 e. The van der Waals surface area contributed by atoms with Gasteiger partial charge in [-0.25, -0.2) is 4.39 Å². The number of pyridine rings is 1. The minimum Gasteiger partial charge on any atom is -0.260 e. The molecule has 0 spiro atoms. The molecule has 1 aromatic carbocycles. The van der Waals surface area contributed by atoms with Crippen molar-refractivity contribution in [1.82, 2.24) is 4.98 Å². The topological polar surface area (TPSA) is 12.9 Å². The number of rotatable bonds is 3. The molecule has 3 heteroatoms. The molecule has 0 amide bonds. The van der Waals surface area contributed by atoms with E-state index in [9.17, 15) is 4.39 Å². The van der Waals surface area contributed by atoms with Crippen LogP contribution in [0.4, 0.5) is 4.39 Å². The van der Waals surface area contributed by atoms with Crippen LogP contribution in [0, 0.1) is 5.82 Å². The van der Waals surface area contributed by atoms with E-state index in [1.54, 1.807) is 18.3 Å². The standard InChI is InChI=1S/C14H13BrFN/c1-10(14-13(15)6-3-7-17-14)8-11-4-2-5-12(16)9-11/h2-7,9-10H,8H2,1H3/t10-/m0/s1. The summed E-state index contributed by atoms with van der Waals surface area (Å²) in [4.78, 5) is 4.36. The second-order valence-electron chi connectivity index (χ2n) is 4.11. The molecule has 2 rings (SSSR count). The van der Waals surface area contributed by atoms with E-state index in [0.717, 1.165) is 22.2 Å². The van der Waals surface area contributed by atoms with Gasteiger partial charge in [0.05, 0.1) is 5.69 Å². The first-order chi connectivity index (χ1) is 8.16. The highest BCUT2D eigenvalue weighted by Gasteiger charge is 2.11. The predicted molar refractivity (Wildman–Crippen MR) is 70.5 cm³/mol. The third kappa shape index (κ3) is 3.13. The van der Waals surface area contributed by atoms with Crippen molar-refractivity contribution >= 4 is 15.9 Å². The van der Waals surface area contributed by atoms with E-state index in [0.29, 0.717) is 0 Å². The predicted octanol–water partition coefficient (Wildman–Crippen LogP) is 4.33. The lowest BCUT2D eigenvalue weighted by Crippen LogP contribution is -2.02. The molecular weight excluding hydrogens is 281 g/mol. The monoisotopic (exact) mass is 293 g/mol. The van der Waals surface area contributed by atoms with Gasteiger partial charge in [-0.15, -0.1) is 0 Å². The third-order valence-corrected chi connectivity index (χ3v) is 3.36. The average Bonchev–Trinajstić information content (AvgIpc) is 2.29.